The second-order valence-electron chi connectivity index (χ2n) is 5.91. The Labute approximate surface area is 164 Å². The molecule has 2 aromatic rings. The number of carbonyl (C=O) groups is 1. The maximum Gasteiger partial charge on any atom is 0.248 e. The number of anilines is 2. The van der Waals surface area contributed by atoms with Crippen molar-refractivity contribution >= 4 is 50.5 Å². The Morgan fingerprint density at radius 1 is 1.12 bits per heavy atom. The van der Waals surface area contributed by atoms with E-state index in [1.165, 1.54) is 0 Å². The molecule has 1 N–H and O–H groups in total. The van der Waals surface area contributed by atoms with Crippen molar-refractivity contribution in [2.24, 2.45) is 0 Å². The molecule has 0 bridgehead atoms. The summed E-state index contributed by atoms with van der Waals surface area (Å²) in [6, 6.07) is 10.6. The molecule has 0 saturated heterocycles. The minimum Gasteiger partial charge on any atom is -0.324 e. The van der Waals surface area contributed by atoms with Gasteiger partial charge in [-0.2, -0.15) is 0 Å². The molecule has 0 spiro atoms. The van der Waals surface area contributed by atoms with E-state index in [1.54, 1.807) is 56.3 Å². The van der Waals surface area contributed by atoms with Crippen molar-refractivity contribution in [3.8, 4) is 0 Å². The second-order valence-corrected chi connectivity index (χ2v) is 8.64. The van der Waals surface area contributed by atoms with Crippen molar-refractivity contribution in [3.05, 3.63) is 58.1 Å². The minimum absolute atomic E-state index is 0.290. The fourth-order valence-corrected chi connectivity index (χ4v) is 4.17. The van der Waals surface area contributed by atoms with Gasteiger partial charge in [0.1, 0.15) is 6.04 Å². The van der Waals surface area contributed by atoms with Crippen molar-refractivity contribution in [2.45, 2.75) is 26.3 Å². The predicted molar refractivity (Wildman–Crippen MR) is 108 cm³/mol. The number of nitrogens with one attached hydrogen (secondary N) is 1. The monoisotopic (exact) mass is 414 g/mol. The summed E-state index contributed by atoms with van der Waals surface area (Å²) in [5.74, 6) is -0.431. The van der Waals surface area contributed by atoms with Crippen LogP contribution in [0.3, 0.4) is 0 Å². The molecule has 0 aliphatic heterocycles. The number of carbonyl (C=O) groups excluding carboxylic acids is 1. The number of benzene rings is 2. The van der Waals surface area contributed by atoms with Crippen LogP contribution < -0.4 is 9.62 Å². The van der Waals surface area contributed by atoms with Gasteiger partial charge in [-0.1, -0.05) is 36.2 Å². The van der Waals surface area contributed by atoms with E-state index < -0.39 is 22.0 Å². The molecule has 0 fully saturated rings. The second kappa shape index (κ2) is 8.29. The van der Waals surface area contributed by atoms with Gasteiger partial charge in [0, 0.05) is 15.7 Å². The minimum atomic E-state index is -3.72. The van der Waals surface area contributed by atoms with E-state index in [1.807, 2.05) is 0 Å². The average molecular weight is 415 g/mol. The van der Waals surface area contributed by atoms with E-state index in [-0.39, 0.29) is 0 Å². The Balaban J connectivity index is 2.42. The van der Waals surface area contributed by atoms with Gasteiger partial charge in [-0.05, 0) is 55.3 Å². The van der Waals surface area contributed by atoms with Crippen molar-refractivity contribution in [1.29, 1.82) is 0 Å². The van der Waals surface area contributed by atoms with Crippen LogP contribution in [0.4, 0.5) is 11.4 Å². The molecule has 0 unspecified atom stereocenters. The standard InChI is InChI=1S/C18H20Cl2N2O3S/c1-4-16(18(23)21-15-9-7-13(19)8-10-15)22(26(3,24)25)17-11-14(20)6-5-12(17)2/h5-11,16H,4H2,1-3H3,(H,21,23)/t16-/m1/s1. The van der Waals surface area contributed by atoms with Crippen LogP contribution in [0.2, 0.25) is 10.0 Å². The number of aryl methyl sites for hydroxylation is 1. The lowest BCUT2D eigenvalue weighted by Crippen LogP contribution is -2.47. The van der Waals surface area contributed by atoms with Crippen molar-refractivity contribution < 1.29 is 13.2 Å². The summed E-state index contributed by atoms with van der Waals surface area (Å²) >= 11 is 11.9. The highest BCUT2D eigenvalue weighted by Gasteiger charge is 2.32. The number of sulfonamides is 1. The molecule has 0 aliphatic rings. The third kappa shape index (κ3) is 4.90. The molecule has 5 nitrogen and oxygen atoms in total. The van der Waals surface area contributed by atoms with E-state index in [4.69, 9.17) is 23.2 Å². The van der Waals surface area contributed by atoms with Crippen LogP contribution in [0.1, 0.15) is 18.9 Å². The lowest BCUT2D eigenvalue weighted by Gasteiger charge is -2.31. The highest BCUT2D eigenvalue weighted by molar-refractivity contribution is 7.92. The molecule has 8 heteroatoms. The van der Waals surface area contributed by atoms with Gasteiger partial charge in [0.15, 0.2) is 0 Å². The Morgan fingerprint density at radius 3 is 2.23 bits per heavy atom. The van der Waals surface area contributed by atoms with E-state index in [2.05, 4.69) is 5.32 Å². The van der Waals surface area contributed by atoms with Gasteiger partial charge in [0.2, 0.25) is 15.9 Å². The Hall–Kier alpha value is -1.76. The summed E-state index contributed by atoms with van der Waals surface area (Å²) in [5.41, 5.74) is 1.63. The van der Waals surface area contributed by atoms with Crippen LogP contribution in [0.15, 0.2) is 42.5 Å². The largest absolute Gasteiger partial charge is 0.324 e. The number of hydrogen-bond acceptors (Lipinski definition) is 3. The van der Waals surface area contributed by atoms with Crippen molar-refractivity contribution in [1.82, 2.24) is 0 Å². The summed E-state index contributed by atoms with van der Waals surface area (Å²) in [4.78, 5) is 12.8. The normalized spacial score (nSPS) is 12.5. The first-order valence-electron chi connectivity index (χ1n) is 7.95. The van der Waals surface area contributed by atoms with E-state index in [9.17, 15) is 13.2 Å². The Kier molecular flexibility index (Phi) is 6.55. The fraction of sp³-hybridized carbons (Fsp3) is 0.278. The Bertz CT molecular complexity index is 899. The maximum atomic E-state index is 12.8. The summed E-state index contributed by atoms with van der Waals surface area (Å²) < 4.78 is 26.1. The number of rotatable bonds is 6. The van der Waals surface area contributed by atoms with Crippen LogP contribution in [0.5, 0.6) is 0 Å². The lowest BCUT2D eigenvalue weighted by atomic mass is 10.1. The number of halogens is 2. The van der Waals surface area contributed by atoms with Gasteiger partial charge >= 0.3 is 0 Å². The van der Waals surface area contributed by atoms with Gasteiger partial charge in [0.25, 0.3) is 0 Å². The van der Waals surface area contributed by atoms with E-state index in [0.29, 0.717) is 33.4 Å². The first kappa shape index (κ1) is 20.6. The predicted octanol–water partition coefficient (Wildman–Crippen LogP) is 4.49. The third-order valence-electron chi connectivity index (χ3n) is 3.85. The van der Waals surface area contributed by atoms with Gasteiger partial charge in [-0.15, -0.1) is 0 Å². The fourth-order valence-electron chi connectivity index (χ4n) is 2.61. The molecule has 2 rings (SSSR count). The summed E-state index contributed by atoms with van der Waals surface area (Å²) in [6.45, 7) is 3.53. The smallest absolute Gasteiger partial charge is 0.248 e. The highest BCUT2D eigenvalue weighted by atomic mass is 35.5. The van der Waals surface area contributed by atoms with E-state index >= 15 is 0 Å². The zero-order valence-corrected chi connectivity index (χ0v) is 17.0. The average Bonchev–Trinajstić information content (AvgIpc) is 2.56. The zero-order valence-electron chi connectivity index (χ0n) is 14.7. The Morgan fingerprint density at radius 2 is 1.69 bits per heavy atom. The molecule has 0 aromatic heterocycles. The van der Waals surface area contributed by atoms with Crippen LogP contribution in [0.25, 0.3) is 0 Å². The molecule has 26 heavy (non-hydrogen) atoms. The van der Waals surface area contributed by atoms with Gasteiger partial charge < -0.3 is 5.32 Å². The molecular weight excluding hydrogens is 395 g/mol. The molecule has 0 saturated carbocycles. The highest BCUT2D eigenvalue weighted by Crippen LogP contribution is 2.29. The molecule has 1 atom stereocenters. The summed E-state index contributed by atoms with van der Waals surface area (Å²) in [6.07, 6.45) is 1.37. The van der Waals surface area contributed by atoms with Gasteiger partial charge in [-0.25, -0.2) is 8.42 Å². The molecule has 0 heterocycles. The maximum absolute atomic E-state index is 12.8. The molecule has 0 aliphatic carbocycles. The number of hydrogen-bond donors (Lipinski definition) is 1. The quantitative estimate of drug-likeness (QED) is 0.756. The van der Waals surface area contributed by atoms with Gasteiger partial charge in [-0.3, -0.25) is 9.10 Å². The molecule has 140 valence electrons. The van der Waals surface area contributed by atoms with Crippen molar-refractivity contribution in [3.63, 3.8) is 0 Å². The van der Waals surface area contributed by atoms with Gasteiger partial charge in [0.05, 0.1) is 11.9 Å². The van der Waals surface area contributed by atoms with Crippen LogP contribution in [0, 0.1) is 6.92 Å². The van der Waals surface area contributed by atoms with Crippen LogP contribution in [-0.2, 0) is 14.8 Å². The third-order valence-corrected chi connectivity index (χ3v) is 5.50. The summed E-state index contributed by atoms with van der Waals surface area (Å²) in [5, 5.41) is 3.68. The number of nitrogens with zero attached hydrogens (tertiary/aromatic N) is 1. The molecule has 1 amide bonds. The SMILES string of the molecule is CC[C@H](C(=O)Nc1ccc(Cl)cc1)N(c1cc(Cl)ccc1C)S(C)(=O)=O. The van der Waals surface area contributed by atoms with Crippen LogP contribution in [-0.4, -0.2) is 26.6 Å². The topological polar surface area (TPSA) is 66.5 Å². The van der Waals surface area contributed by atoms with Crippen LogP contribution >= 0.6 is 23.2 Å². The summed E-state index contributed by atoms with van der Waals surface area (Å²) in [7, 11) is -3.72. The first-order valence-corrected chi connectivity index (χ1v) is 10.6. The lowest BCUT2D eigenvalue weighted by molar-refractivity contribution is -0.117. The number of amides is 1. The molecular formula is C18H20Cl2N2O3S. The first-order chi connectivity index (χ1) is 12.1. The van der Waals surface area contributed by atoms with Crippen molar-refractivity contribution in [2.75, 3.05) is 15.9 Å². The zero-order chi connectivity index (χ0) is 19.5. The molecule has 2 aromatic carbocycles. The van der Waals surface area contributed by atoms with E-state index in [0.717, 1.165) is 10.6 Å². The molecule has 0 radical (unpaired) electrons.